The molecule has 0 aromatic carbocycles. The molecule has 4 saturated carbocycles. The third-order valence-corrected chi connectivity index (χ3v) is 7.59. The predicted octanol–water partition coefficient (Wildman–Crippen LogP) is 2.63. The molecule has 0 saturated heterocycles. The molecule has 8 nitrogen and oxygen atoms in total. The molecule has 3 amide bonds. The van der Waals surface area contributed by atoms with Crippen LogP contribution in [0.5, 0.6) is 0 Å². The van der Waals surface area contributed by atoms with Crippen molar-refractivity contribution in [3.05, 3.63) is 17.5 Å². The smallest absolute Gasteiger partial charge is 0.321 e. The minimum atomic E-state index is -0.364. The zero-order valence-corrected chi connectivity index (χ0v) is 17.6. The minimum absolute atomic E-state index is 0.0996. The highest BCUT2D eigenvalue weighted by molar-refractivity contribution is 7.99. The lowest BCUT2D eigenvalue weighted by molar-refractivity contribution is -0.117. The van der Waals surface area contributed by atoms with Crippen molar-refractivity contribution < 1.29 is 9.59 Å². The van der Waals surface area contributed by atoms with E-state index >= 15 is 0 Å². The second-order valence-electron chi connectivity index (χ2n) is 9.15. The van der Waals surface area contributed by atoms with Crippen LogP contribution in [0, 0.1) is 31.6 Å². The van der Waals surface area contributed by atoms with Crippen LogP contribution in [0.4, 0.5) is 4.79 Å². The van der Waals surface area contributed by atoms with Crippen LogP contribution in [0.1, 0.15) is 49.9 Å². The van der Waals surface area contributed by atoms with Crippen LogP contribution in [0.25, 0.3) is 5.78 Å². The van der Waals surface area contributed by atoms with Gasteiger partial charge >= 0.3 is 6.03 Å². The molecule has 4 bridgehead atoms. The van der Waals surface area contributed by atoms with E-state index in [1.165, 1.54) is 31.0 Å². The van der Waals surface area contributed by atoms with E-state index in [9.17, 15) is 9.59 Å². The van der Waals surface area contributed by atoms with Gasteiger partial charge in [0.05, 0.1) is 5.75 Å². The van der Waals surface area contributed by atoms with E-state index < -0.39 is 0 Å². The van der Waals surface area contributed by atoms with E-state index in [1.54, 1.807) is 0 Å². The number of nitrogens with one attached hydrogen (secondary N) is 2. The molecule has 154 valence electrons. The number of carbonyl (C=O) groups is 2. The second kappa shape index (κ2) is 6.97. The summed E-state index contributed by atoms with van der Waals surface area (Å²) in [7, 11) is 0. The van der Waals surface area contributed by atoms with Crippen LogP contribution in [-0.4, -0.2) is 42.8 Å². The largest absolute Gasteiger partial charge is 0.332 e. The van der Waals surface area contributed by atoms with E-state index in [1.807, 2.05) is 24.3 Å². The number of carbonyl (C=O) groups excluding carboxylic acids is 2. The summed E-state index contributed by atoms with van der Waals surface area (Å²) >= 11 is 1.25. The molecule has 4 aliphatic carbocycles. The zero-order valence-electron chi connectivity index (χ0n) is 16.8. The highest BCUT2D eigenvalue weighted by Gasteiger charge is 2.51. The Balaban J connectivity index is 1.18. The van der Waals surface area contributed by atoms with Crippen molar-refractivity contribution in [2.45, 2.75) is 63.1 Å². The average molecular weight is 415 g/mol. The van der Waals surface area contributed by atoms with Gasteiger partial charge in [0.25, 0.3) is 5.78 Å². The van der Waals surface area contributed by atoms with E-state index in [0.717, 1.165) is 48.4 Å². The van der Waals surface area contributed by atoms with Crippen molar-refractivity contribution in [1.82, 2.24) is 30.2 Å². The number of imide groups is 1. The first-order valence-electron chi connectivity index (χ1n) is 10.3. The van der Waals surface area contributed by atoms with Crippen molar-refractivity contribution in [3.63, 3.8) is 0 Å². The Morgan fingerprint density at radius 1 is 1.14 bits per heavy atom. The summed E-state index contributed by atoms with van der Waals surface area (Å²) in [5.41, 5.74) is 1.73. The van der Waals surface area contributed by atoms with Crippen molar-refractivity contribution in [1.29, 1.82) is 0 Å². The molecule has 2 aromatic rings. The van der Waals surface area contributed by atoms with Crippen LogP contribution in [0.15, 0.2) is 11.2 Å². The maximum absolute atomic E-state index is 12.5. The molecular formula is C20H26N6O2S. The first kappa shape index (κ1) is 18.8. The Morgan fingerprint density at radius 3 is 2.45 bits per heavy atom. The maximum Gasteiger partial charge on any atom is 0.321 e. The van der Waals surface area contributed by atoms with Gasteiger partial charge in [0, 0.05) is 16.9 Å². The highest BCUT2D eigenvalue weighted by atomic mass is 32.2. The Kier molecular flexibility index (Phi) is 4.53. The first-order valence-corrected chi connectivity index (χ1v) is 11.3. The summed E-state index contributed by atoms with van der Waals surface area (Å²) in [4.78, 5) is 29.2. The molecule has 0 radical (unpaired) electrons. The van der Waals surface area contributed by atoms with Crippen LogP contribution in [-0.2, 0) is 4.79 Å². The van der Waals surface area contributed by atoms with Crippen LogP contribution in [0.3, 0.4) is 0 Å². The van der Waals surface area contributed by atoms with Gasteiger partial charge in [0.1, 0.15) is 0 Å². The van der Waals surface area contributed by atoms with Crippen molar-refractivity contribution in [3.8, 4) is 0 Å². The normalized spacial score (nSPS) is 29.9. The van der Waals surface area contributed by atoms with Crippen molar-refractivity contribution >= 4 is 29.5 Å². The lowest BCUT2D eigenvalue weighted by Crippen LogP contribution is -2.61. The summed E-state index contributed by atoms with van der Waals surface area (Å²) in [6, 6.07) is 1.58. The fraction of sp³-hybridized carbons (Fsp3) is 0.650. The van der Waals surface area contributed by atoms with Gasteiger partial charge < -0.3 is 5.32 Å². The van der Waals surface area contributed by atoms with Gasteiger partial charge in [-0.2, -0.15) is 0 Å². The number of rotatable bonds is 4. The van der Waals surface area contributed by atoms with Gasteiger partial charge in [-0.05, 0) is 76.2 Å². The third kappa shape index (κ3) is 3.60. The van der Waals surface area contributed by atoms with Gasteiger partial charge in [-0.25, -0.2) is 9.78 Å². The number of aromatic nitrogens is 4. The predicted molar refractivity (Wildman–Crippen MR) is 109 cm³/mol. The summed E-state index contributed by atoms with van der Waals surface area (Å²) in [5.74, 6) is 2.53. The van der Waals surface area contributed by atoms with Gasteiger partial charge in [-0.1, -0.05) is 11.8 Å². The first-order chi connectivity index (χ1) is 13.9. The van der Waals surface area contributed by atoms with Gasteiger partial charge in [-0.3, -0.25) is 14.5 Å². The highest BCUT2D eigenvalue weighted by Crippen LogP contribution is 2.55. The number of hydrogen-bond acceptors (Lipinski definition) is 6. The third-order valence-electron chi connectivity index (χ3n) is 6.67. The quantitative estimate of drug-likeness (QED) is 0.746. The fourth-order valence-electron chi connectivity index (χ4n) is 6.12. The number of thioether (sulfide) groups is 1. The average Bonchev–Trinajstić information content (AvgIpc) is 3.01. The van der Waals surface area contributed by atoms with Gasteiger partial charge in [0.15, 0.2) is 5.16 Å². The zero-order chi connectivity index (χ0) is 20.2. The molecular weight excluding hydrogens is 388 g/mol. The number of amides is 3. The Labute approximate surface area is 173 Å². The molecule has 4 aliphatic rings. The Hall–Kier alpha value is -2.16. The van der Waals surface area contributed by atoms with Gasteiger partial charge in [-0.15, -0.1) is 10.2 Å². The summed E-state index contributed by atoms with van der Waals surface area (Å²) in [5, 5.41) is 14.5. The number of urea groups is 1. The maximum atomic E-state index is 12.5. The SMILES string of the molecule is Cc1cc(C)n2c(SCC(=O)NC(=O)NC34CC5CC(CC(C5)C3)C4)nnc2n1. The van der Waals surface area contributed by atoms with Crippen LogP contribution < -0.4 is 10.6 Å². The van der Waals surface area contributed by atoms with E-state index in [2.05, 4.69) is 25.8 Å². The molecule has 9 heteroatoms. The molecule has 2 N–H and O–H groups in total. The molecule has 4 fully saturated rings. The summed E-state index contributed by atoms with van der Waals surface area (Å²) < 4.78 is 1.82. The molecule has 2 aromatic heterocycles. The summed E-state index contributed by atoms with van der Waals surface area (Å²) in [6.07, 6.45) is 7.14. The fourth-order valence-corrected chi connectivity index (χ4v) is 6.91. The lowest BCUT2D eigenvalue weighted by Gasteiger charge is -2.56. The second-order valence-corrected chi connectivity index (χ2v) is 10.1. The topological polar surface area (TPSA) is 101 Å². The molecule has 0 atom stereocenters. The van der Waals surface area contributed by atoms with Crippen LogP contribution >= 0.6 is 11.8 Å². The minimum Gasteiger partial charge on any atom is -0.332 e. The van der Waals surface area contributed by atoms with Crippen LogP contribution in [0.2, 0.25) is 0 Å². The van der Waals surface area contributed by atoms with Crippen molar-refractivity contribution in [2.75, 3.05) is 5.75 Å². The Bertz CT molecular complexity index is 951. The number of nitrogens with zero attached hydrogens (tertiary/aromatic N) is 4. The van der Waals surface area contributed by atoms with E-state index in [0.29, 0.717) is 10.9 Å². The number of fused-ring (bicyclic) bond motifs is 1. The standard InChI is InChI=1S/C20H26N6O2S/c1-11-3-12(2)26-17(21-11)24-25-19(26)29-10-16(27)22-18(28)23-20-7-13-4-14(8-20)6-15(5-13)9-20/h3,13-15H,4-10H2,1-2H3,(H2,22,23,27,28). The monoisotopic (exact) mass is 414 g/mol. The molecule has 0 unspecified atom stereocenters. The molecule has 29 heavy (non-hydrogen) atoms. The molecule has 2 heterocycles. The van der Waals surface area contributed by atoms with E-state index in [-0.39, 0.29) is 23.2 Å². The number of aryl methyl sites for hydroxylation is 2. The molecule has 0 aliphatic heterocycles. The summed E-state index contributed by atoms with van der Waals surface area (Å²) in [6.45, 7) is 3.86. The lowest BCUT2D eigenvalue weighted by atomic mass is 9.53. The number of hydrogen-bond donors (Lipinski definition) is 2. The Morgan fingerprint density at radius 2 is 1.79 bits per heavy atom. The van der Waals surface area contributed by atoms with Gasteiger partial charge in [0.2, 0.25) is 5.91 Å². The van der Waals surface area contributed by atoms with Crippen molar-refractivity contribution in [2.24, 2.45) is 17.8 Å². The van der Waals surface area contributed by atoms with E-state index in [4.69, 9.17) is 0 Å². The molecule has 0 spiro atoms. The molecule has 6 rings (SSSR count).